The first-order chi connectivity index (χ1) is 29.5. The van der Waals surface area contributed by atoms with E-state index in [1.54, 1.807) is 0 Å². The summed E-state index contributed by atoms with van der Waals surface area (Å²) in [6.45, 7) is 10.7. The fraction of sp³-hybridized carbons (Fsp3) is 0.625. The second kappa shape index (κ2) is 26.3. The summed E-state index contributed by atoms with van der Waals surface area (Å²) in [5, 5.41) is 0. The molecule has 0 heterocycles. The van der Waals surface area contributed by atoms with Crippen LogP contribution in [0, 0.1) is 0 Å². The second-order valence-corrected chi connectivity index (χ2v) is 16.6. The van der Waals surface area contributed by atoms with E-state index in [4.69, 9.17) is 14.0 Å². The lowest BCUT2D eigenvalue weighted by molar-refractivity contribution is -0.958. The average molecular weight is 889 g/mol. The number of alkyl halides is 9. The van der Waals surface area contributed by atoms with Crippen LogP contribution in [0.1, 0.15) is 178 Å². The molecule has 3 aromatic rings. The molecule has 0 aliphatic rings. The van der Waals surface area contributed by atoms with Crippen molar-refractivity contribution in [1.82, 2.24) is 0 Å². The van der Waals surface area contributed by atoms with Gasteiger partial charge in [0.1, 0.15) is 23.3 Å². The van der Waals surface area contributed by atoms with E-state index in [-0.39, 0.29) is 17.2 Å². The first-order valence-electron chi connectivity index (χ1n) is 22.9. The molecule has 3 aromatic carbocycles. The molecule has 0 aliphatic carbocycles. The summed E-state index contributed by atoms with van der Waals surface area (Å²) in [6.07, 6.45) is 5.53. The zero-order valence-corrected chi connectivity index (χ0v) is 37.1. The summed E-state index contributed by atoms with van der Waals surface area (Å²) in [5.74, 6) is -0.241. The van der Waals surface area contributed by atoms with Gasteiger partial charge in [-0.05, 0) is 105 Å². The third-order valence-electron chi connectivity index (χ3n) is 11.7. The Labute approximate surface area is 364 Å². The molecule has 0 aliphatic heterocycles. The highest BCUT2D eigenvalue weighted by atomic mass is 19.4. The Morgan fingerprint density at radius 3 is 1.11 bits per heavy atom. The van der Waals surface area contributed by atoms with Crippen molar-refractivity contribution in [2.75, 3.05) is 19.6 Å². The molecule has 0 bridgehead atoms. The third kappa shape index (κ3) is 17.9. The van der Waals surface area contributed by atoms with E-state index in [2.05, 4.69) is 20.8 Å². The SMILES string of the molecule is CCCCCCCC[N+](CCCCCCCC)(CCCCCCCC)C(CC)c1cc(C(F)(F)F)ccc1OB(Oc1ccc(C(F)(F)F)cc1)Oc1ccc(C(F)(F)F)cc1. The maximum Gasteiger partial charge on any atom is 0.864 e. The monoisotopic (exact) mass is 889 g/mol. The molecule has 1 unspecified atom stereocenters. The van der Waals surface area contributed by atoms with E-state index < -0.39 is 48.6 Å². The van der Waals surface area contributed by atoms with E-state index in [1.807, 2.05) is 6.92 Å². The lowest BCUT2D eigenvalue weighted by Crippen LogP contribution is -2.52. The zero-order valence-electron chi connectivity index (χ0n) is 37.1. The van der Waals surface area contributed by atoms with E-state index >= 15 is 0 Å². The Bertz CT molecular complexity index is 1560. The van der Waals surface area contributed by atoms with Crippen LogP contribution < -0.4 is 14.0 Å². The molecular weight excluding hydrogens is 820 g/mol. The smallest absolute Gasteiger partial charge is 0.490 e. The quantitative estimate of drug-likeness (QED) is 0.0289. The van der Waals surface area contributed by atoms with Crippen molar-refractivity contribution >= 4 is 7.32 Å². The number of unbranched alkanes of at least 4 members (excludes halogenated alkanes) is 15. The molecule has 0 aromatic heterocycles. The van der Waals surface area contributed by atoms with Crippen LogP contribution in [0.2, 0.25) is 0 Å². The molecule has 4 nitrogen and oxygen atoms in total. The van der Waals surface area contributed by atoms with Gasteiger partial charge >= 0.3 is 25.9 Å². The molecule has 0 saturated heterocycles. The molecule has 0 spiro atoms. The van der Waals surface area contributed by atoms with Crippen molar-refractivity contribution in [3.63, 3.8) is 0 Å². The van der Waals surface area contributed by atoms with Gasteiger partial charge in [-0.25, -0.2) is 0 Å². The summed E-state index contributed by atoms with van der Waals surface area (Å²) < 4.78 is 143. The van der Waals surface area contributed by atoms with Crippen LogP contribution >= 0.6 is 0 Å². The van der Waals surface area contributed by atoms with E-state index in [9.17, 15) is 39.5 Å². The lowest BCUT2D eigenvalue weighted by Gasteiger charge is -2.46. The van der Waals surface area contributed by atoms with E-state index in [1.165, 1.54) is 6.07 Å². The summed E-state index contributed by atoms with van der Waals surface area (Å²) in [4.78, 5) is 0. The van der Waals surface area contributed by atoms with Crippen molar-refractivity contribution in [1.29, 1.82) is 0 Å². The first-order valence-corrected chi connectivity index (χ1v) is 22.9. The van der Waals surface area contributed by atoms with Crippen LogP contribution in [0.5, 0.6) is 17.2 Å². The Hall–Kier alpha value is -3.55. The maximum atomic E-state index is 14.6. The molecule has 14 heteroatoms. The van der Waals surface area contributed by atoms with Crippen molar-refractivity contribution in [3.8, 4) is 17.2 Å². The van der Waals surface area contributed by atoms with Crippen LogP contribution in [-0.4, -0.2) is 31.4 Å². The lowest BCUT2D eigenvalue weighted by atomic mass is 9.93. The Morgan fingerprint density at radius 2 is 0.774 bits per heavy atom. The van der Waals surface area contributed by atoms with Gasteiger partial charge in [0, 0.05) is 6.42 Å². The molecule has 3 rings (SSSR count). The van der Waals surface area contributed by atoms with Crippen molar-refractivity contribution in [3.05, 3.63) is 89.0 Å². The average Bonchev–Trinajstić information content (AvgIpc) is 3.21. The Kier molecular flexibility index (Phi) is 22.4. The number of halogens is 9. The van der Waals surface area contributed by atoms with E-state index in [0.29, 0.717) is 16.5 Å². The molecule has 0 amide bonds. The van der Waals surface area contributed by atoms with Crippen molar-refractivity contribution in [2.45, 2.75) is 174 Å². The van der Waals surface area contributed by atoms with Gasteiger partial charge in [-0.2, -0.15) is 39.5 Å². The van der Waals surface area contributed by atoms with Gasteiger partial charge < -0.3 is 18.4 Å². The minimum absolute atomic E-state index is 0.0185. The van der Waals surface area contributed by atoms with Crippen LogP contribution in [0.25, 0.3) is 0 Å². The number of nitrogens with zero attached hydrogens (tertiary/aromatic N) is 1. The second-order valence-electron chi connectivity index (χ2n) is 16.6. The van der Waals surface area contributed by atoms with Gasteiger partial charge in [0.15, 0.2) is 0 Å². The molecule has 0 fully saturated rings. The fourth-order valence-corrected chi connectivity index (χ4v) is 8.26. The number of benzene rings is 3. The highest BCUT2D eigenvalue weighted by Crippen LogP contribution is 2.43. The Balaban J connectivity index is 2.17. The predicted molar refractivity (Wildman–Crippen MR) is 230 cm³/mol. The molecule has 1 atom stereocenters. The molecule has 0 N–H and O–H groups in total. The van der Waals surface area contributed by atoms with Gasteiger partial charge in [-0.1, -0.05) is 105 Å². The van der Waals surface area contributed by atoms with Gasteiger partial charge in [0.25, 0.3) is 0 Å². The molecule has 0 saturated carbocycles. The van der Waals surface area contributed by atoms with Gasteiger partial charge in [0.2, 0.25) is 0 Å². The molecule has 0 radical (unpaired) electrons. The predicted octanol–water partition coefficient (Wildman–Crippen LogP) is 16.6. The topological polar surface area (TPSA) is 27.7 Å². The fourth-order valence-electron chi connectivity index (χ4n) is 8.26. The van der Waals surface area contributed by atoms with Crippen LogP contribution in [0.4, 0.5) is 39.5 Å². The van der Waals surface area contributed by atoms with Crippen molar-refractivity contribution in [2.24, 2.45) is 0 Å². The van der Waals surface area contributed by atoms with Crippen LogP contribution in [0.15, 0.2) is 66.7 Å². The molecular formula is C48H68BF9NO3+. The summed E-state index contributed by atoms with van der Waals surface area (Å²) in [6, 6.07) is 10.1. The van der Waals surface area contributed by atoms with Crippen LogP contribution in [0.3, 0.4) is 0 Å². The minimum Gasteiger partial charge on any atom is -0.490 e. The third-order valence-corrected chi connectivity index (χ3v) is 11.7. The van der Waals surface area contributed by atoms with E-state index in [0.717, 1.165) is 196 Å². The number of hydrogen-bond acceptors (Lipinski definition) is 3. The highest BCUT2D eigenvalue weighted by molar-refractivity contribution is 6.39. The highest BCUT2D eigenvalue weighted by Gasteiger charge is 2.42. The standard InChI is InChI=1S/C48H68BF9NO3/c1-5-9-12-15-18-21-34-59(35-22-19-16-13-10-6-2,36-23-20-17-14-11-7-3)44(8-4)43-37-40(48(56,57)58)28-33-45(43)62-49(60-41-29-24-38(25-30-41)46(50,51)52)61-42-31-26-39(27-32-42)47(53,54)55/h24-33,37,44H,5-23,34-36H2,1-4H3/q+1. The summed E-state index contributed by atoms with van der Waals surface area (Å²) >= 11 is 0. The first kappa shape index (κ1) is 52.8. The van der Waals surface area contributed by atoms with Gasteiger partial charge in [-0.15, -0.1) is 0 Å². The number of hydrogen-bond donors (Lipinski definition) is 0. The normalized spacial score (nSPS) is 13.0. The largest absolute Gasteiger partial charge is 0.864 e. The van der Waals surface area contributed by atoms with Gasteiger partial charge in [0.05, 0.1) is 41.9 Å². The number of quaternary nitrogens is 1. The summed E-state index contributed by atoms with van der Waals surface area (Å²) in [5.41, 5.74) is -2.46. The molecule has 348 valence electrons. The Morgan fingerprint density at radius 1 is 0.435 bits per heavy atom. The number of rotatable bonds is 30. The maximum absolute atomic E-state index is 14.6. The van der Waals surface area contributed by atoms with Gasteiger partial charge in [-0.3, -0.25) is 0 Å². The van der Waals surface area contributed by atoms with Crippen LogP contribution in [-0.2, 0) is 18.5 Å². The summed E-state index contributed by atoms with van der Waals surface area (Å²) in [7, 11) is -1.82. The van der Waals surface area contributed by atoms with Crippen molar-refractivity contribution < 1.29 is 58.0 Å². The zero-order chi connectivity index (χ0) is 45.7. The molecule has 62 heavy (non-hydrogen) atoms. The minimum atomic E-state index is -4.69.